The molecule has 0 radical (unpaired) electrons. The fourth-order valence-corrected chi connectivity index (χ4v) is 3.96. The summed E-state index contributed by atoms with van der Waals surface area (Å²) >= 11 is 2.38. The number of hydrogen-bond donors (Lipinski definition) is 0. The first-order valence-corrected chi connectivity index (χ1v) is 9.06. The first kappa shape index (κ1) is 15.8. The molecule has 0 N–H and O–H groups in total. The molecule has 0 atom stereocenters. The lowest BCUT2D eigenvalue weighted by atomic mass is 9.89. The summed E-state index contributed by atoms with van der Waals surface area (Å²) in [5, 5.41) is 2.38. The molecule has 0 heterocycles. The Hall–Kier alpha value is -1.10. The van der Waals surface area contributed by atoms with Crippen LogP contribution in [0.2, 0.25) is 0 Å². The summed E-state index contributed by atoms with van der Waals surface area (Å²) in [7, 11) is 0. The topological polar surface area (TPSA) is 26.3 Å². The number of aldehydes is 1. The van der Waals surface area contributed by atoms with Crippen LogP contribution in [0.15, 0.2) is 30.3 Å². The number of ether oxygens (including phenoxy) is 1. The van der Waals surface area contributed by atoms with Gasteiger partial charge in [-0.2, -0.15) is 0 Å². The van der Waals surface area contributed by atoms with Crippen molar-refractivity contribution in [1.29, 1.82) is 0 Å². The van der Waals surface area contributed by atoms with Gasteiger partial charge in [0, 0.05) is 6.42 Å². The zero-order valence-electron chi connectivity index (χ0n) is 12.8. The molecule has 0 spiro atoms. The second-order valence-electron chi connectivity index (χ2n) is 6.30. The Labute approximate surface area is 145 Å². The van der Waals surface area contributed by atoms with E-state index in [4.69, 9.17) is 4.74 Å². The van der Waals surface area contributed by atoms with Gasteiger partial charge in [-0.3, -0.25) is 0 Å². The van der Waals surface area contributed by atoms with Crippen LogP contribution in [0.1, 0.15) is 38.2 Å². The summed E-state index contributed by atoms with van der Waals surface area (Å²) in [4.78, 5) is 10.7. The Morgan fingerprint density at radius 3 is 2.68 bits per heavy atom. The molecule has 2 aromatic rings. The summed E-state index contributed by atoms with van der Waals surface area (Å²) < 4.78 is 7.43. The maximum atomic E-state index is 10.7. The number of carbonyl (C=O) groups excluding carboxylic acids is 1. The number of rotatable bonds is 4. The standard InChI is InChI=1S/C19H21IO2/c1-13-2-6-16(7-3-13)22-18-9-5-15-12-14(10-11-21)4-8-17(15)19(18)20/h4-5,8-9,11-13,16H,2-3,6-7,10H2,1H3. The van der Waals surface area contributed by atoms with Gasteiger partial charge in [0.15, 0.2) is 0 Å². The Balaban J connectivity index is 1.83. The third-order valence-electron chi connectivity index (χ3n) is 4.56. The summed E-state index contributed by atoms with van der Waals surface area (Å²) in [6.07, 6.45) is 6.64. The van der Waals surface area contributed by atoms with Crippen molar-refractivity contribution in [3.63, 3.8) is 0 Å². The van der Waals surface area contributed by atoms with E-state index >= 15 is 0 Å². The number of benzene rings is 2. The predicted molar refractivity (Wildman–Crippen MR) is 98.5 cm³/mol. The lowest BCUT2D eigenvalue weighted by Gasteiger charge is -2.27. The molecule has 2 nitrogen and oxygen atoms in total. The highest BCUT2D eigenvalue weighted by molar-refractivity contribution is 14.1. The molecule has 0 saturated heterocycles. The van der Waals surface area contributed by atoms with Crippen LogP contribution in [0.4, 0.5) is 0 Å². The van der Waals surface area contributed by atoms with Crippen molar-refractivity contribution >= 4 is 39.6 Å². The van der Waals surface area contributed by atoms with E-state index < -0.39 is 0 Å². The van der Waals surface area contributed by atoms with Crippen LogP contribution in [0.5, 0.6) is 5.75 Å². The molecular weight excluding hydrogens is 387 g/mol. The normalized spacial score (nSPS) is 21.7. The van der Waals surface area contributed by atoms with Crippen LogP contribution in [0, 0.1) is 9.49 Å². The van der Waals surface area contributed by atoms with Gasteiger partial charge in [-0.15, -0.1) is 0 Å². The molecule has 1 aliphatic rings. The van der Waals surface area contributed by atoms with Crippen LogP contribution < -0.4 is 4.74 Å². The van der Waals surface area contributed by atoms with Crippen molar-refractivity contribution in [2.75, 3.05) is 0 Å². The lowest BCUT2D eigenvalue weighted by Crippen LogP contribution is -2.23. The number of hydrogen-bond acceptors (Lipinski definition) is 2. The van der Waals surface area contributed by atoms with E-state index in [0.29, 0.717) is 12.5 Å². The summed E-state index contributed by atoms with van der Waals surface area (Å²) in [5.41, 5.74) is 1.06. The van der Waals surface area contributed by atoms with Crippen LogP contribution in [0.25, 0.3) is 10.8 Å². The molecule has 2 aromatic carbocycles. The SMILES string of the molecule is CC1CCC(Oc2ccc3cc(CC=O)ccc3c2I)CC1. The molecule has 0 aliphatic heterocycles. The number of halogens is 1. The molecule has 1 fully saturated rings. The van der Waals surface area contributed by atoms with E-state index in [1.54, 1.807) is 0 Å². The minimum Gasteiger partial charge on any atom is -0.489 e. The van der Waals surface area contributed by atoms with E-state index in [0.717, 1.165) is 36.4 Å². The van der Waals surface area contributed by atoms with Gasteiger partial charge in [0.1, 0.15) is 12.0 Å². The maximum Gasteiger partial charge on any atom is 0.133 e. The van der Waals surface area contributed by atoms with E-state index in [2.05, 4.69) is 53.8 Å². The minimum absolute atomic E-state index is 0.358. The highest BCUT2D eigenvalue weighted by Gasteiger charge is 2.20. The molecule has 0 bridgehead atoms. The Morgan fingerprint density at radius 2 is 1.95 bits per heavy atom. The highest BCUT2D eigenvalue weighted by Crippen LogP contribution is 2.33. The van der Waals surface area contributed by atoms with Gasteiger partial charge in [0.25, 0.3) is 0 Å². The van der Waals surface area contributed by atoms with Gasteiger partial charge in [0.2, 0.25) is 0 Å². The Kier molecular flexibility index (Phi) is 5.01. The van der Waals surface area contributed by atoms with E-state index in [1.165, 1.54) is 27.2 Å². The van der Waals surface area contributed by atoms with Crippen LogP contribution in [-0.2, 0) is 11.2 Å². The second kappa shape index (κ2) is 6.99. The smallest absolute Gasteiger partial charge is 0.133 e. The van der Waals surface area contributed by atoms with Gasteiger partial charge in [-0.25, -0.2) is 0 Å². The second-order valence-corrected chi connectivity index (χ2v) is 7.38. The molecule has 0 unspecified atom stereocenters. The summed E-state index contributed by atoms with van der Waals surface area (Å²) in [5.74, 6) is 1.84. The maximum absolute atomic E-state index is 10.7. The van der Waals surface area contributed by atoms with Crippen molar-refractivity contribution < 1.29 is 9.53 Å². The molecule has 116 valence electrons. The summed E-state index contributed by atoms with van der Waals surface area (Å²) in [6.45, 7) is 2.33. The van der Waals surface area contributed by atoms with Crippen LogP contribution in [0.3, 0.4) is 0 Å². The first-order valence-electron chi connectivity index (χ1n) is 7.99. The van der Waals surface area contributed by atoms with Crippen molar-refractivity contribution in [3.05, 3.63) is 39.5 Å². The zero-order chi connectivity index (χ0) is 15.5. The molecule has 3 rings (SSSR count). The average Bonchev–Trinajstić information content (AvgIpc) is 2.52. The van der Waals surface area contributed by atoms with Crippen molar-refractivity contribution in [2.45, 2.75) is 45.1 Å². The largest absolute Gasteiger partial charge is 0.489 e. The third-order valence-corrected chi connectivity index (χ3v) is 5.67. The third kappa shape index (κ3) is 3.45. The zero-order valence-corrected chi connectivity index (χ0v) is 15.0. The fraction of sp³-hybridized carbons (Fsp3) is 0.421. The molecule has 22 heavy (non-hydrogen) atoms. The monoisotopic (exact) mass is 408 g/mol. The molecule has 3 heteroatoms. The van der Waals surface area contributed by atoms with Gasteiger partial charge >= 0.3 is 0 Å². The number of fused-ring (bicyclic) bond motifs is 1. The van der Waals surface area contributed by atoms with Gasteiger partial charge < -0.3 is 9.53 Å². The van der Waals surface area contributed by atoms with Crippen LogP contribution in [-0.4, -0.2) is 12.4 Å². The first-order chi connectivity index (χ1) is 10.7. The van der Waals surface area contributed by atoms with Crippen molar-refractivity contribution in [1.82, 2.24) is 0 Å². The fourth-order valence-electron chi connectivity index (χ4n) is 3.16. The average molecular weight is 408 g/mol. The highest BCUT2D eigenvalue weighted by atomic mass is 127. The molecule has 1 saturated carbocycles. The number of carbonyl (C=O) groups is 1. The Bertz CT molecular complexity index is 672. The predicted octanol–water partition coefficient (Wildman–Crippen LogP) is 5.14. The van der Waals surface area contributed by atoms with Crippen LogP contribution >= 0.6 is 22.6 Å². The van der Waals surface area contributed by atoms with Gasteiger partial charge in [-0.05, 0) is 76.6 Å². The van der Waals surface area contributed by atoms with Gasteiger partial charge in [0.05, 0.1) is 9.67 Å². The molecule has 0 amide bonds. The van der Waals surface area contributed by atoms with E-state index in [1.807, 2.05) is 6.07 Å². The minimum atomic E-state index is 0.358. The van der Waals surface area contributed by atoms with Crippen molar-refractivity contribution in [3.8, 4) is 5.75 Å². The Morgan fingerprint density at radius 1 is 1.18 bits per heavy atom. The molecule has 1 aliphatic carbocycles. The quantitative estimate of drug-likeness (QED) is 0.517. The van der Waals surface area contributed by atoms with E-state index in [-0.39, 0.29) is 0 Å². The van der Waals surface area contributed by atoms with Gasteiger partial charge in [-0.1, -0.05) is 31.2 Å². The molecule has 0 aromatic heterocycles. The van der Waals surface area contributed by atoms with Crippen molar-refractivity contribution in [2.24, 2.45) is 5.92 Å². The molecular formula is C19H21IO2. The lowest BCUT2D eigenvalue weighted by molar-refractivity contribution is -0.107. The summed E-state index contributed by atoms with van der Waals surface area (Å²) in [6, 6.07) is 10.4. The van der Waals surface area contributed by atoms with E-state index in [9.17, 15) is 4.79 Å².